The molecule has 0 spiro atoms. The number of anilines is 1. The normalized spacial score (nSPS) is 11.7. The summed E-state index contributed by atoms with van der Waals surface area (Å²) in [7, 11) is 6.83. The van der Waals surface area contributed by atoms with Crippen molar-refractivity contribution < 1.29 is 23.9 Å². The summed E-state index contributed by atoms with van der Waals surface area (Å²) in [6.07, 6.45) is 0. The summed E-state index contributed by atoms with van der Waals surface area (Å²) in [6, 6.07) is 17.7. The number of ether oxygens (including phenoxy) is 3. The van der Waals surface area contributed by atoms with Gasteiger partial charge in [0.2, 0.25) is 0 Å². The van der Waals surface area contributed by atoms with Crippen LogP contribution in [-0.4, -0.2) is 40.8 Å². The highest BCUT2D eigenvalue weighted by atomic mass is 16.5. The molecular weight excluding hydrogens is 368 g/mol. The molecule has 0 aliphatic heterocycles. The molecule has 3 rings (SSSR count). The number of hydrogen-bond donors (Lipinski definition) is 2. The number of rotatable bonds is 8. The first-order chi connectivity index (χ1) is 14.0. The van der Waals surface area contributed by atoms with Crippen LogP contribution in [0.2, 0.25) is 0 Å². The van der Waals surface area contributed by atoms with Crippen molar-refractivity contribution in [3.05, 3.63) is 60.2 Å². The molecule has 0 saturated heterocycles. The highest BCUT2D eigenvalue weighted by molar-refractivity contribution is 5.91. The van der Waals surface area contributed by atoms with Crippen LogP contribution in [0.5, 0.6) is 17.2 Å². The fraction of sp³-hybridized carbons (Fsp3) is 0.261. The molecule has 6 nitrogen and oxygen atoms in total. The Labute approximate surface area is 171 Å². The van der Waals surface area contributed by atoms with E-state index in [0.29, 0.717) is 23.7 Å². The topological polar surface area (TPSA) is 61.2 Å². The summed E-state index contributed by atoms with van der Waals surface area (Å²) in [5, 5.41) is 5.21. The molecule has 0 aromatic heterocycles. The number of benzene rings is 3. The Balaban J connectivity index is 1.60. The molecule has 1 unspecified atom stereocenters. The second-order valence-corrected chi connectivity index (χ2v) is 6.98. The zero-order chi connectivity index (χ0) is 20.8. The molecule has 0 aliphatic rings. The van der Waals surface area contributed by atoms with E-state index in [0.717, 1.165) is 28.0 Å². The van der Waals surface area contributed by atoms with E-state index in [1.807, 2.05) is 19.2 Å². The quantitative estimate of drug-likeness (QED) is 0.615. The zero-order valence-corrected chi connectivity index (χ0v) is 17.2. The summed E-state index contributed by atoms with van der Waals surface area (Å²) < 4.78 is 15.8. The first kappa shape index (κ1) is 20.5. The third kappa shape index (κ3) is 5.18. The van der Waals surface area contributed by atoms with E-state index in [1.54, 1.807) is 39.5 Å². The Kier molecular flexibility index (Phi) is 6.57. The number of carbonyl (C=O) groups excluding carboxylic acids is 1. The number of hydrogen-bond acceptors (Lipinski definition) is 4. The van der Waals surface area contributed by atoms with Crippen LogP contribution < -0.4 is 24.4 Å². The summed E-state index contributed by atoms with van der Waals surface area (Å²) in [5.74, 6) is 2.00. The zero-order valence-electron chi connectivity index (χ0n) is 17.2. The smallest absolute Gasteiger partial charge is 0.279 e. The molecule has 1 amide bonds. The van der Waals surface area contributed by atoms with Crippen LogP contribution in [0.4, 0.5) is 5.69 Å². The standard InChI is InChI=1S/C23H26N2O4/c1-25(14-16-5-6-18-12-20(27-2)9-7-17(18)11-16)15-23(26)24-19-8-10-21(28-3)22(13-19)29-4/h5-13H,14-15H2,1-4H3,(H,24,26)/p+1. The molecule has 3 aromatic carbocycles. The molecule has 0 heterocycles. The van der Waals surface area contributed by atoms with E-state index >= 15 is 0 Å². The molecule has 0 fully saturated rings. The van der Waals surface area contributed by atoms with E-state index in [9.17, 15) is 4.79 Å². The second-order valence-electron chi connectivity index (χ2n) is 6.98. The van der Waals surface area contributed by atoms with Gasteiger partial charge in [0.05, 0.1) is 28.4 Å². The van der Waals surface area contributed by atoms with Gasteiger partial charge in [-0.15, -0.1) is 0 Å². The summed E-state index contributed by atoms with van der Waals surface area (Å²) in [4.78, 5) is 13.5. The highest BCUT2D eigenvalue weighted by Crippen LogP contribution is 2.29. The van der Waals surface area contributed by atoms with Gasteiger partial charge in [0.1, 0.15) is 12.3 Å². The maximum atomic E-state index is 12.4. The van der Waals surface area contributed by atoms with E-state index in [2.05, 4.69) is 29.6 Å². The van der Waals surface area contributed by atoms with Gasteiger partial charge in [0.25, 0.3) is 5.91 Å². The first-order valence-electron chi connectivity index (χ1n) is 9.42. The van der Waals surface area contributed by atoms with Crippen LogP contribution in [-0.2, 0) is 11.3 Å². The van der Waals surface area contributed by atoms with Gasteiger partial charge in [-0.05, 0) is 41.1 Å². The molecule has 3 aromatic rings. The van der Waals surface area contributed by atoms with E-state index in [4.69, 9.17) is 14.2 Å². The molecular formula is C23H27N2O4+. The third-order valence-corrected chi connectivity index (χ3v) is 4.75. The van der Waals surface area contributed by atoms with Crippen molar-refractivity contribution in [1.29, 1.82) is 0 Å². The highest BCUT2D eigenvalue weighted by Gasteiger charge is 2.13. The van der Waals surface area contributed by atoms with Gasteiger partial charge in [-0.1, -0.05) is 18.2 Å². The molecule has 152 valence electrons. The van der Waals surface area contributed by atoms with Crippen LogP contribution in [0.1, 0.15) is 5.56 Å². The predicted molar refractivity (Wildman–Crippen MR) is 114 cm³/mol. The average molecular weight is 395 g/mol. The Hall–Kier alpha value is -3.25. The number of methoxy groups -OCH3 is 3. The number of quaternary nitrogens is 1. The summed E-state index contributed by atoms with van der Waals surface area (Å²) >= 11 is 0. The van der Waals surface area contributed by atoms with Gasteiger partial charge in [-0.3, -0.25) is 4.79 Å². The second kappa shape index (κ2) is 9.30. The van der Waals surface area contributed by atoms with Crippen LogP contribution in [0, 0.1) is 0 Å². The number of fused-ring (bicyclic) bond motifs is 1. The average Bonchev–Trinajstić information content (AvgIpc) is 2.72. The maximum Gasteiger partial charge on any atom is 0.279 e. The number of nitrogens with one attached hydrogen (secondary N) is 2. The molecule has 0 saturated carbocycles. The third-order valence-electron chi connectivity index (χ3n) is 4.75. The fourth-order valence-electron chi connectivity index (χ4n) is 3.31. The molecule has 6 heteroatoms. The van der Waals surface area contributed by atoms with E-state index in [1.165, 1.54) is 5.56 Å². The first-order valence-corrected chi connectivity index (χ1v) is 9.42. The van der Waals surface area contributed by atoms with Crippen LogP contribution in [0.3, 0.4) is 0 Å². The van der Waals surface area contributed by atoms with Crippen LogP contribution in [0.25, 0.3) is 10.8 Å². The van der Waals surface area contributed by atoms with Crippen molar-refractivity contribution in [2.45, 2.75) is 6.54 Å². The van der Waals surface area contributed by atoms with Gasteiger partial charge in [0.15, 0.2) is 18.0 Å². The number of likely N-dealkylation sites (N-methyl/N-ethyl adjacent to an activating group) is 1. The predicted octanol–water partition coefficient (Wildman–Crippen LogP) is 2.52. The molecule has 29 heavy (non-hydrogen) atoms. The van der Waals surface area contributed by atoms with Crippen molar-refractivity contribution in [1.82, 2.24) is 0 Å². The Morgan fingerprint density at radius 1 is 0.862 bits per heavy atom. The SMILES string of the molecule is COc1ccc2cc(C[NH+](C)CC(=O)Nc3ccc(OC)c(OC)c3)ccc2c1. The van der Waals surface area contributed by atoms with Crippen LogP contribution >= 0.6 is 0 Å². The van der Waals surface area contributed by atoms with Crippen molar-refractivity contribution >= 4 is 22.4 Å². The lowest BCUT2D eigenvalue weighted by Gasteiger charge is -2.15. The lowest BCUT2D eigenvalue weighted by molar-refractivity contribution is -0.885. The van der Waals surface area contributed by atoms with E-state index < -0.39 is 0 Å². The maximum absolute atomic E-state index is 12.4. The van der Waals surface area contributed by atoms with Gasteiger partial charge >= 0.3 is 0 Å². The minimum absolute atomic E-state index is 0.0553. The molecule has 0 bridgehead atoms. The van der Waals surface area contributed by atoms with Gasteiger partial charge < -0.3 is 24.4 Å². The minimum Gasteiger partial charge on any atom is -0.497 e. The lowest BCUT2D eigenvalue weighted by atomic mass is 10.1. The fourth-order valence-corrected chi connectivity index (χ4v) is 3.31. The Morgan fingerprint density at radius 3 is 2.31 bits per heavy atom. The monoisotopic (exact) mass is 395 g/mol. The van der Waals surface area contributed by atoms with Gasteiger partial charge in [-0.25, -0.2) is 0 Å². The molecule has 2 N–H and O–H groups in total. The van der Waals surface area contributed by atoms with Crippen molar-refractivity contribution in [3.8, 4) is 17.2 Å². The van der Waals surface area contributed by atoms with Crippen molar-refractivity contribution in [2.24, 2.45) is 0 Å². The van der Waals surface area contributed by atoms with Crippen molar-refractivity contribution in [2.75, 3.05) is 40.2 Å². The van der Waals surface area contributed by atoms with Crippen molar-refractivity contribution in [3.63, 3.8) is 0 Å². The largest absolute Gasteiger partial charge is 0.497 e. The molecule has 0 aliphatic carbocycles. The van der Waals surface area contributed by atoms with Gasteiger partial charge in [-0.2, -0.15) is 0 Å². The van der Waals surface area contributed by atoms with E-state index in [-0.39, 0.29) is 5.91 Å². The summed E-state index contributed by atoms with van der Waals surface area (Å²) in [5.41, 5.74) is 1.86. The number of amides is 1. The van der Waals surface area contributed by atoms with Gasteiger partial charge in [0, 0.05) is 17.3 Å². The molecule has 1 atom stereocenters. The lowest BCUT2D eigenvalue weighted by Crippen LogP contribution is -3.08. The minimum atomic E-state index is -0.0553. The van der Waals surface area contributed by atoms with Crippen LogP contribution in [0.15, 0.2) is 54.6 Å². The molecule has 0 radical (unpaired) electrons. The Morgan fingerprint density at radius 2 is 1.59 bits per heavy atom. The summed E-state index contributed by atoms with van der Waals surface area (Å²) in [6.45, 7) is 1.11. The number of carbonyl (C=O) groups is 1. The Bertz CT molecular complexity index is 1000.